The summed E-state index contributed by atoms with van der Waals surface area (Å²) in [6, 6.07) is 11.8. The molecule has 0 radical (unpaired) electrons. The Morgan fingerprint density at radius 3 is 2.50 bits per heavy atom. The molecule has 3 aromatic rings. The molecule has 3 rings (SSSR count). The summed E-state index contributed by atoms with van der Waals surface area (Å²) in [4.78, 5) is 14.8. The molecule has 1 aromatic heterocycles. The van der Waals surface area contributed by atoms with Gasteiger partial charge in [-0.2, -0.15) is 0 Å². The highest BCUT2D eigenvalue weighted by molar-refractivity contribution is 7.21. The van der Waals surface area contributed by atoms with Gasteiger partial charge in [0.15, 0.2) is 0 Å². The maximum absolute atomic E-state index is 10.8. The number of nitrogens with two attached hydrogens (primary N) is 1. The summed E-state index contributed by atoms with van der Waals surface area (Å²) in [5.74, 6) is 0.0153. The molecule has 0 aliphatic rings. The van der Waals surface area contributed by atoms with Gasteiger partial charge in [-0.25, -0.2) is 4.98 Å². The fraction of sp³-hybridized carbons (Fsp3) is 0. The van der Waals surface area contributed by atoms with Crippen LogP contribution in [0.15, 0.2) is 42.5 Å². The van der Waals surface area contributed by atoms with E-state index in [0.717, 1.165) is 20.8 Å². The zero-order chi connectivity index (χ0) is 15.0. The first-order chi connectivity index (χ1) is 10.0. The number of hydrogen-bond acceptors (Lipinski definition) is 5. The molecule has 0 aliphatic carbocycles. The topological polar surface area (TPSA) is 106 Å². The van der Waals surface area contributed by atoms with Crippen molar-refractivity contribution in [2.75, 3.05) is 0 Å². The molecule has 0 unspecified atom stereocenters. The fourth-order valence-corrected chi connectivity index (χ4v) is 2.95. The van der Waals surface area contributed by atoms with E-state index in [-0.39, 0.29) is 23.9 Å². The van der Waals surface area contributed by atoms with Gasteiger partial charge in [0.2, 0.25) is 0 Å². The maximum atomic E-state index is 10.8. The standard InChI is InChI=1S/C14H10N4O2S.ClH/c15-13(16)8-1-3-9(4-2-8)14-17-11-6-5-10(18(19)20)7-12(11)21-14;/h1-7H,(H3,15,16);1H. The van der Waals surface area contributed by atoms with Gasteiger partial charge in [0.1, 0.15) is 10.8 Å². The zero-order valence-corrected chi connectivity index (χ0v) is 12.8. The van der Waals surface area contributed by atoms with Crippen LogP contribution in [0.2, 0.25) is 0 Å². The van der Waals surface area contributed by atoms with E-state index < -0.39 is 4.92 Å². The lowest BCUT2D eigenvalue weighted by molar-refractivity contribution is -0.384. The molecule has 1 heterocycles. The van der Waals surface area contributed by atoms with Gasteiger partial charge in [0.25, 0.3) is 5.69 Å². The Hall–Kier alpha value is -2.51. The second-order valence-electron chi connectivity index (χ2n) is 4.42. The van der Waals surface area contributed by atoms with Crippen LogP contribution in [0, 0.1) is 15.5 Å². The van der Waals surface area contributed by atoms with Gasteiger partial charge >= 0.3 is 0 Å². The van der Waals surface area contributed by atoms with Gasteiger partial charge in [-0.1, -0.05) is 24.3 Å². The highest BCUT2D eigenvalue weighted by Gasteiger charge is 2.11. The summed E-state index contributed by atoms with van der Waals surface area (Å²) in [5, 5.41) is 18.9. The lowest BCUT2D eigenvalue weighted by Crippen LogP contribution is -2.10. The average Bonchev–Trinajstić information content (AvgIpc) is 2.90. The monoisotopic (exact) mass is 334 g/mol. The highest BCUT2D eigenvalue weighted by Crippen LogP contribution is 2.32. The SMILES string of the molecule is Cl.N=C(N)c1ccc(-c2nc3ccc([N+](=O)[O-])cc3s2)cc1. The number of nitrogens with one attached hydrogen (secondary N) is 1. The van der Waals surface area contributed by atoms with Crippen molar-refractivity contribution < 1.29 is 4.92 Å². The second-order valence-corrected chi connectivity index (χ2v) is 5.45. The van der Waals surface area contributed by atoms with E-state index in [1.54, 1.807) is 18.2 Å². The van der Waals surface area contributed by atoms with Gasteiger partial charge in [0.05, 0.1) is 15.1 Å². The third kappa shape index (κ3) is 2.90. The number of nitrogens with zero attached hydrogens (tertiary/aromatic N) is 2. The molecule has 0 bridgehead atoms. The van der Waals surface area contributed by atoms with Crippen molar-refractivity contribution in [3.63, 3.8) is 0 Å². The quantitative estimate of drug-likeness (QED) is 0.330. The Labute approximate surface area is 135 Å². The number of nitro groups is 1. The van der Waals surface area contributed by atoms with Crippen LogP contribution in [0.5, 0.6) is 0 Å². The predicted molar refractivity (Wildman–Crippen MR) is 90.0 cm³/mol. The Kier molecular flexibility index (Phi) is 4.39. The average molecular weight is 335 g/mol. The molecular weight excluding hydrogens is 324 g/mol. The number of nitro benzene ring substituents is 1. The summed E-state index contributed by atoms with van der Waals surface area (Å²) in [6.07, 6.45) is 0. The first-order valence-corrected chi connectivity index (χ1v) is 6.86. The minimum absolute atomic E-state index is 0. The van der Waals surface area contributed by atoms with Crippen LogP contribution >= 0.6 is 23.7 Å². The van der Waals surface area contributed by atoms with Crippen LogP contribution < -0.4 is 5.73 Å². The molecule has 0 amide bonds. The molecule has 2 aromatic carbocycles. The van der Waals surface area contributed by atoms with Crippen LogP contribution in [0.25, 0.3) is 20.8 Å². The number of amidine groups is 1. The van der Waals surface area contributed by atoms with Crippen LogP contribution in [0.3, 0.4) is 0 Å². The summed E-state index contributed by atoms with van der Waals surface area (Å²) in [6.45, 7) is 0. The largest absolute Gasteiger partial charge is 0.384 e. The van der Waals surface area contributed by atoms with Crippen LogP contribution in [0.4, 0.5) is 5.69 Å². The van der Waals surface area contributed by atoms with Crippen molar-refractivity contribution >= 4 is 45.5 Å². The zero-order valence-electron chi connectivity index (χ0n) is 11.1. The first-order valence-electron chi connectivity index (χ1n) is 6.04. The summed E-state index contributed by atoms with van der Waals surface area (Å²) in [7, 11) is 0. The minimum Gasteiger partial charge on any atom is -0.384 e. The van der Waals surface area contributed by atoms with Gasteiger partial charge in [-0.05, 0) is 6.07 Å². The van der Waals surface area contributed by atoms with Crippen molar-refractivity contribution in [2.45, 2.75) is 0 Å². The second kappa shape index (κ2) is 6.08. The van der Waals surface area contributed by atoms with Crippen LogP contribution in [0.1, 0.15) is 5.56 Å². The molecule has 0 aliphatic heterocycles. The molecule has 0 saturated carbocycles. The van der Waals surface area contributed by atoms with E-state index in [1.165, 1.54) is 23.5 Å². The number of non-ortho nitro benzene ring substituents is 1. The van der Waals surface area contributed by atoms with Gasteiger partial charge in [-0.3, -0.25) is 15.5 Å². The summed E-state index contributed by atoms with van der Waals surface area (Å²) >= 11 is 1.40. The van der Waals surface area contributed by atoms with E-state index in [9.17, 15) is 10.1 Å². The first kappa shape index (κ1) is 15.9. The number of benzene rings is 2. The van der Waals surface area contributed by atoms with E-state index >= 15 is 0 Å². The number of rotatable bonds is 3. The number of nitrogen functional groups attached to an aromatic ring is 1. The molecule has 0 fully saturated rings. The number of halogens is 1. The molecule has 8 heteroatoms. The fourth-order valence-electron chi connectivity index (χ4n) is 1.94. The number of hydrogen-bond donors (Lipinski definition) is 2. The number of aromatic nitrogens is 1. The molecule has 112 valence electrons. The summed E-state index contributed by atoms with van der Waals surface area (Å²) < 4.78 is 0.773. The Morgan fingerprint density at radius 1 is 1.23 bits per heavy atom. The molecule has 3 N–H and O–H groups in total. The van der Waals surface area contributed by atoms with E-state index in [2.05, 4.69) is 4.98 Å². The molecule has 0 atom stereocenters. The molecule has 0 spiro atoms. The minimum atomic E-state index is -0.416. The molecular formula is C14H11ClN4O2S. The predicted octanol–water partition coefficient (Wildman–Crippen LogP) is 3.58. The Bertz CT molecular complexity index is 861. The molecule has 22 heavy (non-hydrogen) atoms. The highest BCUT2D eigenvalue weighted by atomic mass is 35.5. The normalized spacial score (nSPS) is 10.2. The van der Waals surface area contributed by atoms with E-state index in [4.69, 9.17) is 11.1 Å². The van der Waals surface area contributed by atoms with E-state index in [0.29, 0.717) is 5.56 Å². The third-order valence-electron chi connectivity index (χ3n) is 3.03. The number of thiazole rings is 1. The smallest absolute Gasteiger partial charge is 0.270 e. The van der Waals surface area contributed by atoms with Gasteiger partial charge < -0.3 is 5.73 Å². The maximum Gasteiger partial charge on any atom is 0.270 e. The van der Waals surface area contributed by atoms with Crippen LogP contribution in [-0.4, -0.2) is 15.7 Å². The van der Waals surface area contributed by atoms with Crippen molar-refractivity contribution in [2.24, 2.45) is 5.73 Å². The molecule has 0 saturated heterocycles. The molecule has 6 nitrogen and oxygen atoms in total. The lowest BCUT2D eigenvalue weighted by Gasteiger charge is -1.99. The third-order valence-corrected chi connectivity index (χ3v) is 4.09. The van der Waals surface area contributed by atoms with Crippen molar-refractivity contribution in [1.29, 1.82) is 5.41 Å². The van der Waals surface area contributed by atoms with Crippen molar-refractivity contribution in [1.82, 2.24) is 4.98 Å². The van der Waals surface area contributed by atoms with E-state index in [1.807, 2.05) is 12.1 Å². The Balaban J connectivity index is 0.00000176. The number of fused-ring (bicyclic) bond motifs is 1. The van der Waals surface area contributed by atoms with Crippen molar-refractivity contribution in [3.8, 4) is 10.6 Å². The van der Waals surface area contributed by atoms with Crippen molar-refractivity contribution in [3.05, 3.63) is 58.1 Å². The van der Waals surface area contributed by atoms with Crippen LogP contribution in [-0.2, 0) is 0 Å². The lowest BCUT2D eigenvalue weighted by atomic mass is 10.1. The Morgan fingerprint density at radius 2 is 1.91 bits per heavy atom. The van der Waals surface area contributed by atoms with Gasteiger partial charge in [0, 0.05) is 23.3 Å². The summed E-state index contributed by atoms with van der Waals surface area (Å²) in [5.41, 5.74) is 7.75. The van der Waals surface area contributed by atoms with Gasteiger partial charge in [-0.15, -0.1) is 23.7 Å².